The van der Waals surface area contributed by atoms with Gasteiger partial charge in [-0.25, -0.2) is 0 Å². The van der Waals surface area contributed by atoms with Gasteiger partial charge in [-0.2, -0.15) is 0 Å². The molecule has 0 saturated heterocycles. The first-order valence-corrected chi connectivity index (χ1v) is 8.54. The quantitative estimate of drug-likeness (QED) is 0.516. The number of aromatic nitrogens is 1. The molecule has 0 spiro atoms. The largest absolute Gasteiger partial charge is 0.492 e. The topological polar surface area (TPSA) is 76.4 Å². The molecule has 0 aliphatic carbocycles. The summed E-state index contributed by atoms with van der Waals surface area (Å²) in [6.07, 6.45) is 4.82. The Morgan fingerprint density at radius 2 is 2.19 bits per heavy atom. The van der Waals surface area contributed by atoms with Crippen LogP contribution in [-0.4, -0.2) is 48.3 Å². The van der Waals surface area contributed by atoms with Crippen LogP contribution in [0.3, 0.4) is 0 Å². The first-order valence-electron chi connectivity index (χ1n) is 8.54. The predicted octanol–water partition coefficient (Wildman–Crippen LogP) is 2.62. The Bertz CT molecular complexity index is 838. The molecule has 2 aromatic rings. The Morgan fingerprint density at radius 3 is 2.92 bits per heavy atom. The van der Waals surface area contributed by atoms with Crippen LogP contribution >= 0.6 is 0 Å². The number of benzene rings is 1. The Morgan fingerprint density at radius 1 is 1.38 bits per heavy atom. The molecule has 1 N–H and O–H groups in total. The molecule has 26 heavy (non-hydrogen) atoms. The second kappa shape index (κ2) is 6.84. The van der Waals surface area contributed by atoms with Crippen molar-refractivity contribution in [2.75, 3.05) is 27.5 Å². The van der Waals surface area contributed by atoms with Gasteiger partial charge >= 0.3 is 0 Å². The molecule has 1 unspecified atom stereocenters. The number of likely N-dealkylation sites (N-methyl/N-ethyl adjacent to an activating group) is 1. The van der Waals surface area contributed by atoms with Crippen LogP contribution in [0.2, 0.25) is 0 Å². The van der Waals surface area contributed by atoms with Gasteiger partial charge in [0.15, 0.2) is 11.5 Å². The Labute approximate surface area is 151 Å². The molecule has 0 bridgehead atoms. The molecule has 7 nitrogen and oxygen atoms in total. The highest BCUT2D eigenvalue weighted by Crippen LogP contribution is 2.50. The van der Waals surface area contributed by atoms with Crippen LogP contribution in [-0.2, 0) is 6.42 Å². The predicted molar refractivity (Wildman–Crippen MR) is 95.4 cm³/mol. The molecule has 1 aromatic carbocycles. The summed E-state index contributed by atoms with van der Waals surface area (Å²) < 4.78 is 16.9. The lowest BCUT2D eigenvalue weighted by Crippen LogP contribution is -2.34. The molecule has 0 saturated carbocycles. The molecule has 3 heterocycles. The summed E-state index contributed by atoms with van der Waals surface area (Å²) in [4.78, 5) is 6.28. The van der Waals surface area contributed by atoms with E-state index in [9.17, 15) is 5.21 Å². The second-order valence-corrected chi connectivity index (χ2v) is 6.45. The number of oxime groups is 1. The maximum Gasteiger partial charge on any atom is 0.231 e. The van der Waals surface area contributed by atoms with Crippen molar-refractivity contribution in [3.63, 3.8) is 0 Å². The summed E-state index contributed by atoms with van der Waals surface area (Å²) in [5.41, 5.74) is 3.71. The van der Waals surface area contributed by atoms with E-state index in [-0.39, 0.29) is 12.8 Å². The van der Waals surface area contributed by atoms with Crippen molar-refractivity contribution >= 4 is 5.71 Å². The van der Waals surface area contributed by atoms with Crippen LogP contribution < -0.4 is 14.2 Å². The molecule has 1 atom stereocenters. The smallest absolute Gasteiger partial charge is 0.231 e. The summed E-state index contributed by atoms with van der Waals surface area (Å²) in [6.45, 7) is 1.10. The zero-order chi connectivity index (χ0) is 18.1. The van der Waals surface area contributed by atoms with Gasteiger partial charge in [0.2, 0.25) is 12.5 Å². The van der Waals surface area contributed by atoms with Crippen LogP contribution in [0.15, 0.2) is 35.7 Å². The van der Waals surface area contributed by atoms with Crippen molar-refractivity contribution < 1.29 is 19.4 Å². The third-order valence-electron chi connectivity index (χ3n) is 5.07. The molecular weight excluding hydrogens is 334 g/mol. The zero-order valence-electron chi connectivity index (χ0n) is 14.8. The maximum absolute atomic E-state index is 9.60. The fourth-order valence-electron chi connectivity index (χ4n) is 3.73. The van der Waals surface area contributed by atoms with E-state index < -0.39 is 0 Å². The monoisotopic (exact) mass is 355 g/mol. The molecule has 0 radical (unpaired) electrons. The van der Waals surface area contributed by atoms with Gasteiger partial charge < -0.3 is 19.4 Å². The van der Waals surface area contributed by atoms with Crippen molar-refractivity contribution in [2.24, 2.45) is 5.16 Å². The van der Waals surface area contributed by atoms with Gasteiger partial charge in [-0.05, 0) is 37.2 Å². The van der Waals surface area contributed by atoms with Crippen molar-refractivity contribution in [2.45, 2.75) is 18.9 Å². The number of hydrogen-bond donors (Lipinski definition) is 1. The van der Waals surface area contributed by atoms with E-state index in [0.717, 1.165) is 29.8 Å². The van der Waals surface area contributed by atoms with Crippen molar-refractivity contribution in [1.82, 2.24) is 9.88 Å². The molecule has 2 aliphatic rings. The van der Waals surface area contributed by atoms with E-state index in [0.29, 0.717) is 23.6 Å². The van der Waals surface area contributed by atoms with E-state index in [1.54, 1.807) is 19.5 Å². The number of hydrogen-bond acceptors (Lipinski definition) is 7. The number of nitrogens with zero attached hydrogens (tertiary/aromatic N) is 3. The average Bonchev–Trinajstić information content (AvgIpc) is 3.14. The summed E-state index contributed by atoms with van der Waals surface area (Å²) in [5.74, 6) is 2.09. The summed E-state index contributed by atoms with van der Waals surface area (Å²) in [6, 6.07) is 5.73. The third-order valence-corrected chi connectivity index (χ3v) is 5.07. The molecule has 1 aromatic heterocycles. The van der Waals surface area contributed by atoms with Crippen LogP contribution in [0.4, 0.5) is 0 Å². The van der Waals surface area contributed by atoms with Crippen LogP contribution in [0, 0.1) is 0 Å². The SMILES string of the molecule is COc1c2c(cc3c1C(CC(=NO)c1ccncc1)N(C)CC3)OCO2. The zero-order valence-corrected chi connectivity index (χ0v) is 14.8. The van der Waals surface area contributed by atoms with Crippen LogP contribution in [0.1, 0.15) is 29.2 Å². The van der Waals surface area contributed by atoms with Gasteiger partial charge in [-0.3, -0.25) is 9.88 Å². The molecule has 136 valence electrons. The van der Waals surface area contributed by atoms with E-state index in [4.69, 9.17) is 14.2 Å². The molecule has 4 rings (SSSR count). The average molecular weight is 355 g/mol. The van der Waals surface area contributed by atoms with Crippen LogP contribution in [0.25, 0.3) is 0 Å². The summed E-state index contributed by atoms with van der Waals surface area (Å²) in [7, 11) is 3.71. The Hall–Kier alpha value is -2.80. The van der Waals surface area contributed by atoms with Crippen molar-refractivity contribution in [3.8, 4) is 17.2 Å². The van der Waals surface area contributed by atoms with E-state index in [1.807, 2.05) is 18.2 Å². The second-order valence-electron chi connectivity index (χ2n) is 6.45. The standard InChI is InChI=1S/C19H21N3O4/c1-22-8-5-13-9-16-18(26-11-25-16)19(24-2)17(13)15(22)10-14(21-23)12-3-6-20-7-4-12/h3-4,6-7,9,15,23H,5,8,10-11H2,1-2H3. The Balaban J connectivity index is 1.76. The van der Waals surface area contributed by atoms with Crippen LogP contribution in [0.5, 0.6) is 17.2 Å². The van der Waals surface area contributed by atoms with Gasteiger partial charge in [-0.1, -0.05) is 5.16 Å². The van der Waals surface area contributed by atoms with Gasteiger partial charge in [0.1, 0.15) is 0 Å². The van der Waals surface area contributed by atoms with Gasteiger partial charge in [0.25, 0.3) is 0 Å². The minimum Gasteiger partial charge on any atom is -0.492 e. The molecule has 2 aliphatic heterocycles. The third kappa shape index (κ3) is 2.74. The van der Waals surface area contributed by atoms with E-state index in [1.165, 1.54) is 5.56 Å². The number of methoxy groups -OCH3 is 1. The highest BCUT2D eigenvalue weighted by molar-refractivity contribution is 6.00. The minimum atomic E-state index is 0.00210. The van der Waals surface area contributed by atoms with Gasteiger partial charge in [-0.15, -0.1) is 0 Å². The number of ether oxygens (including phenoxy) is 3. The van der Waals surface area contributed by atoms with Gasteiger partial charge in [0.05, 0.1) is 12.8 Å². The van der Waals surface area contributed by atoms with E-state index in [2.05, 4.69) is 22.1 Å². The first-order chi connectivity index (χ1) is 12.7. The molecule has 7 heteroatoms. The lowest BCUT2D eigenvalue weighted by atomic mass is 9.87. The molecule has 0 fully saturated rings. The first kappa shape index (κ1) is 16.7. The normalized spacial score (nSPS) is 19.3. The van der Waals surface area contributed by atoms with Crippen molar-refractivity contribution in [3.05, 3.63) is 47.3 Å². The minimum absolute atomic E-state index is 0.00210. The number of rotatable bonds is 4. The lowest BCUT2D eigenvalue weighted by Gasteiger charge is -2.36. The lowest BCUT2D eigenvalue weighted by molar-refractivity contribution is 0.170. The van der Waals surface area contributed by atoms with Crippen molar-refractivity contribution in [1.29, 1.82) is 0 Å². The Kier molecular flexibility index (Phi) is 4.38. The molecular formula is C19H21N3O4. The number of pyridine rings is 1. The van der Waals surface area contributed by atoms with E-state index >= 15 is 0 Å². The fourth-order valence-corrected chi connectivity index (χ4v) is 3.73. The van der Waals surface area contributed by atoms with Gasteiger partial charge in [0, 0.05) is 42.5 Å². The molecule has 0 amide bonds. The number of fused-ring (bicyclic) bond motifs is 2. The highest BCUT2D eigenvalue weighted by Gasteiger charge is 2.34. The maximum atomic E-state index is 9.60. The summed E-state index contributed by atoms with van der Waals surface area (Å²) >= 11 is 0. The summed E-state index contributed by atoms with van der Waals surface area (Å²) in [5, 5.41) is 13.2. The highest BCUT2D eigenvalue weighted by atomic mass is 16.7. The fraction of sp³-hybridized carbons (Fsp3) is 0.368.